The van der Waals surface area contributed by atoms with Crippen LogP contribution >= 0.6 is 94.1 Å². The maximum Gasteiger partial charge on any atom is 0.146 e. The van der Waals surface area contributed by atoms with Crippen LogP contribution in [-0.4, -0.2) is 15.1 Å². The van der Waals surface area contributed by atoms with Gasteiger partial charge in [-0.15, -0.1) is 0 Å². The van der Waals surface area contributed by atoms with E-state index in [9.17, 15) is 0 Å². The highest BCUT2D eigenvalue weighted by Gasteiger charge is 2.59. The highest BCUT2D eigenvalue weighted by atomic mass is 35.7. The van der Waals surface area contributed by atoms with Crippen LogP contribution in [0, 0.1) is 0 Å². The molecule has 0 radical (unpaired) electrons. The van der Waals surface area contributed by atoms with E-state index in [4.69, 9.17) is 45.0 Å². The van der Waals surface area contributed by atoms with E-state index in [1.165, 1.54) is 62.9 Å². The van der Waals surface area contributed by atoms with Gasteiger partial charge in [0, 0.05) is 31.5 Å². The molecule has 3 aliphatic heterocycles. The Labute approximate surface area is 459 Å². The Morgan fingerprint density at radius 1 is 0.297 bits per heavy atom. The van der Waals surface area contributed by atoms with Gasteiger partial charge in [-0.3, -0.25) is 0 Å². The highest BCUT2D eigenvalue weighted by molar-refractivity contribution is 8.37. The summed E-state index contributed by atoms with van der Waals surface area (Å²) in [4.78, 5) is 0. The van der Waals surface area contributed by atoms with Crippen molar-refractivity contribution >= 4 is 157 Å². The molecule has 0 bridgehead atoms. The minimum Gasteiger partial charge on any atom is -0.0869 e. The molecule has 11 heteroatoms. The van der Waals surface area contributed by atoms with Gasteiger partial charge in [-0.25, -0.2) is 0 Å². The van der Waals surface area contributed by atoms with Crippen LogP contribution in [0.2, 0.25) is 0 Å². The van der Waals surface area contributed by atoms with Gasteiger partial charge < -0.3 is 0 Å². The van der Waals surface area contributed by atoms with Crippen molar-refractivity contribution in [1.82, 2.24) is 0 Å². The van der Waals surface area contributed by atoms with Gasteiger partial charge in [-0.05, 0) is 100 Å². The second-order valence-electron chi connectivity index (χ2n) is 18.0. The summed E-state index contributed by atoms with van der Waals surface area (Å²) in [6.07, 6.45) is 4.35. The Kier molecular flexibility index (Phi) is 14.7. The average Bonchev–Trinajstić information content (AvgIpc) is 3.51. The summed E-state index contributed by atoms with van der Waals surface area (Å²) < 4.78 is 0. The lowest BCUT2D eigenvalue weighted by atomic mass is 10.4. The molecule has 74 heavy (non-hydrogen) atoms. The molecule has 0 nitrogen and oxygen atoms in total. The van der Waals surface area contributed by atoms with Crippen LogP contribution in [0.25, 0.3) is 0 Å². The lowest BCUT2D eigenvalue weighted by Crippen LogP contribution is -2.34. The van der Waals surface area contributed by atoms with E-state index in [0.29, 0.717) is 0 Å². The van der Waals surface area contributed by atoms with E-state index in [1.54, 1.807) is 0 Å². The first-order valence-corrected chi connectivity index (χ1v) is 39.1. The average molecular weight is 1160 g/mol. The Balaban J connectivity index is 1.34. The number of allylic oxidation sites excluding steroid dienone is 3. The molecular weight excluding hydrogens is 1120 g/mol. The number of hydrogen-bond acceptors (Lipinski definition) is 0. The van der Waals surface area contributed by atoms with E-state index >= 15 is 0 Å². The number of hydrogen-bond donors (Lipinski definition) is 0. The molecule has 3 aliphatic rings. The third-order valence-corrected chi connectivity index (χ3v) is 48.9. The molecule has 0 fully saturated rings. The van der Waals surface area contributed by atoms with Gasteiger partial charge in [-0.2, -0.15) is 0 Å². The minimum atomic E-state index is -3.06. The molecule has 362 valence electrons. The molecule has 3 heterocycles. The van der Waals surface area contributed by atoms with Crippen molar-refractivity contribution in [2.75, 3.05) is 0 Å². The molecular formula is C63H48Cl4P7+. The standard InChI is InChI=1S/C63H48Cl4P7/c64-68-58(71(49-28-10-1-11-29-49,50-30-12-2-13-31-50)51-32-14-3-15-33-51)46-61-69(65)60(73(55-40-22-7-23-41-55,56-42-24-8-25-43-56)57-44-26-9-27-45-57)48-63-70(66)59(47-62(68)74(61,63)67)72(52-34-16-4-17-35-52,53-36-18-5-19-37-53)54-38-20-6-21-39-54/h1-48H/q+1. The summed E-state index contributed by atoms with van der Waals surface area (Å²) in [7, 11) is -7.69. The maximum absolute atomic E-state index is 8.99. The fourth-order valence-corrected chi connectivity index (χ4v) is 52.7. The Morgan fingerprint density at radius 2 is 0.541 bits per heavy atom. The Morgan fingerprint density at radius 3 is 0.824 bits per heavy atom. The lowest BCUT2D eigenvalue weighted by Gasteiger charge is -2.47. The first-order chi connectivity index (χ1) is 36.4. The van der Waals surface area contributed by atoms with Gasteiger partial charge >= 0.3 is 0 Å². The van der Waals surface area contributed by atoms with E-state index in [2.05, 4.69) is 291 Å². The van der Waals surface area contributed by atoms with E-state index in [-0.39, 0.29) is 0 Å². The molecule has 9 aromatic carbocycles. The Bertz CT molecular complexity index is 3480. The molecule has 0 aromatic heterocycles. The summed E-state index contributed by atoms with van der Waals surface area (Å²) >= 11 is 35.2. The van der Waals surface area contributed by atoms with Crippen molar-refractivity contribution in [3.63, 3.8) is 0 Å². The van der Waals surface area contributed by atoms with Crippen molar-refractivity contribution in [3.05, 3.63) is 306 Å². The van der Waals surface area contributed by atoms with E-state index < -0.39 is 49.1 Å². The predicted octanol–water partition coefficient (Wildman–Crippen LogP) is 17.0. The first-order valence-electron chi connectivity index (χ1n) is 24.3. The first kappa shape index (κ1) is 50.8. The normalized spacial score (nSPS) is 19.7. The number of halogens is 4. The third kappa shape index (κ3) is 8.11. The van der Waals surface area contributed by atoms with Crippen molar-refractivity contribution in [2.45, 2.75) is 0 Å². The fraction of sp³-hybridized carbons (Fsp3) is 0. The van der Waals surface area contributed by atoms with E-state index in [1.807, 2.05) is 0 Å². The van der Waals surface area contributed by atoms with Crippen molar-refractivity contribution in [2.24, 2.45) is 0 Å². The fourth-order valence-electron chi connectivity index (χ4n) is 11.1. The van der Waals surface area contributed by atoms with E-state index in [0.717, 1.165) is 15.1 Å². The van der Waals surface area contributed by atoms with Crippen LogP contribution in [0.1, 0.15) is 0 Å². The lowest BCUT2D eigenvalue weighted by molar-refractivity contribution is 1.72. The molecule has 9 aromatic rings. The second kappa shape index (κ2) is 21.4. The van der Waals surface area contributed by atoms with Crippen molar-refractivity contribution in [3.8, 4) is 0 Å². The van der Waals surface area contributed by atoms with Crippen LogP contribution < -0.4 is 47.7 Å². The molecule has 4 atom stereocenters. The van der Waals surface area contributed by atoms with Gasteiger partial charge in [-0.1, -0.05) is 282 Å². The SMILES string of the molecule is ClP1C2=CC(=P(c3ccccc3)(c3ccccc3)c3ccccc3)P(Cl)C3=CC(=P(c4ccccc4)(c4ccccc4)c4ccccc4)P(Cl)C(=P23Cl)C=C1[P+](c1ccccc1)(c1ccccc1)c1ccccc1. The molecule has 12 rings (SSSR count). The summed E-state index contributed by atoms with van der Waals surface area (Å²) in [6.45, 7) is -5.55. The molecule has 0 aliphatic carbocycles. The van der Waals surface area contributed by atoms with Gasteiger partial charge in [0.25, 0.3) is 0 Å². The largest absolute Gasteiger partial charge is 0.146 e. The van der Waals surface area contributed by atoms with Crippen LogP contribution in [0.3, 0.4) is 0 Å². The molecule has 0 N–H and O–H groups in total. The van der Waals surface area contributed by atoms with Crippen LogP contribution in [0.4, 0.5) is 0 Å². The number of benzene rings is 9. The topological polar surface area (TPSA) is 0 Å². The van der Waals surface area contributed by atoms with Crippen molar-refractivity contribution in [1.29, 1.82) is 0 Å². The summed E-state index contributed by atoms with van der Waals surface area (Å²) in [6, 6.07) is 99.7. The molecule has 0 saturated heterocycles. The molecule has 4 unspecified atom stereocenters. The zero-order valence-electron chi connectivity index (χ0n) is 39.9. The highest BCUT2D eigenvalue weighted by Crippen LogP contribution is 2.96. The van der Waals surface area contributed by atoms with Crippen molar-refractivity contribution < 1.29 is 0 Å². The second-order valence-corrected chi connectivity index (χ2v) is 42.0. The summed E-state index contributed by atoms with van der Waals surface area (Å²) in [5.41, 5.74) is 0. The summed E-state index contributed by atoms with van der Waals surface area (Å²) in [5.74, 6) is 0. The smallest absolute Gasteiger partial charge is 0.0869 e. The van der Waals surface area contributed by atoms with Crippen LogP contribution in [-0.2, 0) is 0 Å². The zero-order chi connectivity index (χ0) is 50.3. The van der Waals surface area contributed by atoms with Crippen LogP contribution in [0.15, 0.2) is 306 Å². The van der Waals surface area contributed by atoms with Gasteiger partial charge in [0.15, 0.2) is 0 Å². The monoisotopic (exact) mass is 1160 g/mol. The third-order valence-electron chi connectivity index (χ3n) is 14.3. The zero-order valence-corrected chi connectivity index (χ0v) is 49.1. The predicted molar refractivity (Wildman–Crippen MR) is 346 cm³/mol. The quantitative estimate of drug-likeness (QED) is 0.120. The number of rotatable bonds is 10. The Hall–Kier alpha value is -4.02. The molecule has 0 amide bonds. The summed E-state index contributed by atoms with van der Waals surface area (Å²) in [5, 5.41) is 17.9. The molecule has 0 saturated carbocycles. The van der Waals surface area contributed by atoms with Gasteiger partial charge in [0.05, 0.1) is 21.8 Å². The molecule has 0 spiro atoms. The maximum atomic E-state index is 8.99. The minimum absolute atomic E-state index is 1.08. The van der Waals surface area contributed by atoms with Gasteiger partial charge in [0.2, 0.25) is 0 Å². The van der Waals surface area contributed by atoms with Gasteiger partial charge in [0.1, 0.15) is 28.2 Å². The van der Waals surface area contributed by atoms with Crippen LogP contribution in [0.5, 0.6) is 0 Å².